The SMILES string of the molecule is Cc1ccc(-n2[nH]c(C(=O)N(C)C3CCNC3)cc2=O)cc1.Cl. The average molecular weight is 337 g/mol. The van der Waals surface area contributed by atoms with E-state index in [9.17, 15) is 9.59 Å². The van der Waals surface area contributed by atoms with E-state index in [0.717, 1.165) is 30.8 Å². The minimum atomic E-state index is -0.231. The Kier molecular flexibility index (Phi) is 5.28. The number of aromatic nitrogens is 2. The maximum absolute atomic E-state index is 12.5. The van der Waals surface area contributed by atoms with Crippen molar-refractivity contribution in [3.63, 3.8) is 0 Å². The first-order chi connectivity index (χ1) is 10.6. The lowest BCUT2D eigenvalue weighted by Gasteiger charge is -2.22. The van der Waals surface area contributed by atoms with Crippen molar-refractivity contribution in [1.82, 2.24) is 20.0 Å². The van der Waals surface area contributed by atoms with Crippen LogP contribution in [0.3, 0.4) is 0 Å². The van der Waals surface area contributed by atoms with Crippen LogP contribution >= 0.6 is 12.4 Å². The molecule has 7 heteroatoms. The lowest BCUT2D eigenvalue weighted by atomic mass is 10.2. The second kappa shape index (κ2) is 7.02. The first-order valence-electron chi connectivity index (χ1n) is 7.43. The van der Waals surface area contributed by atoms with Crippen LogP contribution in [-0.4, -0.2) is 46.8 Å². The first-order valence-corrected chi connectivity index (χ1v) is 7.43. The largest absolute Gasteiger partial charge is 0.336 e. The van der Waals surface area contributed by atoms with Gasteiger partial charge in [0.15, 0.2) is 0 Å². The number of carbonyl (C=O) groups excluding carboxylic acids is 1. The van der Waals surface area contributed by atoms with Crippen LogP contribution in [0, 0.1) is 6.92 Å². The number of rotatable bonds is 3. The van der Waals surface area contributed by atoms with Crippen LogP contribution < -0.4 is 10.9 Å². The maximum Gasteiger partial charge on any atom is 0.271 e. The van der Waals surface area contributed by atoms with Gasteiger partial charge in [0, 0.05) is 25.7 Å². The fraction of sp³-hybridized carbons (Fsp3) is 0.375. The zero-order valence-electron chi connectivity index (χ0n) is 13.2. The molecular formula is C16H21ClN4O2. The molecule has 2 heterocycles. The number of halogens is 1. The van der Waals surface area contributed by atoms with Crippen LogP contribution in [0.15, 0.2) is 35.1 Å². The molecule has 1 atom stereocenters. The number of amides is 1. The smallest absolute Gasteiger partial charge is 0.271 e. The van der Waals surface area contributed by atoms with Gasteiger partial charge in [-0.2, -0.15) is 0 Å². The minimum absolute atomic E-state index is 0. The molecule has 1 unspecified atom stereocenters. The Bertz CT molecular complexity index is 729. The van der Waals surface area contributed by atoms with E-state index in [0.29, 0.717) is 5.69 Å². The molecule has 0 spiro atoms. The minimum Gasteiger partial charge on any atom is -0.336 e. The molecule has 6 nitrogen and oxygen atoms in total. The van der Waals surface area contributed by atoms with Crippen molar-refractivity contribution in [3.05, 3.63) is 51.9 Å². The van der Waals surface area contributed by atoms with E-state index in [2.05, 4.69) is 10.4 Å². The van der Waals surface area contributed by atoms with Gasteiger partial charge in [-0.15, -0.1) is 12.4 Å². The molecule has 23 heavy (non-hydrogen) atoms. The first kappa shape index (κ1) is 17.3. The monoisotopic (exact) mass is 336 g/mol. The van der Waals surface area contributed by atoms with Crippen LogP contribution in [0.25, 0.3) is 5.69 Å². The van der Waals surface area contributed by atoms with Crippen molar-refractivity contribution in [2.75, 3.05) is 20.1 Å². The molecule has 1 saturated heterocycles. The number of H-pyrrole nitrogens is 1. The van der Waals surface area contributed by atoms with Crippen molar-refractivity contribution < 1.29 is 4.79 Å². The Hall–Kier alpha value is -2.05. The third-order valence-corrected chi connectivity index (χ3v) is 4.15. The van der Waals surface area contributed by atoms with E-state index >= 15 is 0 Å². The standard InChI is InChI=1S/C16H20N4O2.ClH/c1-11-3-5-12(6-4-11)20-15(21)9-14(18-20)16(22)19(2)13-7-8-17-10-13;/h3-6,9,13,17-18H,7-8,10H2,1-2H3;1H. The summed E-state index contributed by atoms with van der Waals surface area (Å²) >= 11 is 0. The summed E-state index contributed by atoms with van der Waals surface area (Å²) in [6, 6.07) is 9.11. The quantitative estimate of drug-likeness (QED) is 0.888. The molecule has 0 aliphatic carbocycles. The third-order valence-electron chi connectivity index (χ3n) is 4.15. The average Bonchev–Trinajstić information content (AvgIpc) is 3.16. The normalized spacial score (nSPS) is 16.9. The number of nitrogens with one attached hydrogen (secondary N) is 2. The van der Waals surface area contributed by atoms with Crippen molar-refractivity contribution in [2.24, 2.45) is 0 Å². The van der Waals surface area contributed by atoms with E-state index in [-0.39, 0.29) is 29.9 Å². The molecule has 1 fully saturated rings. The second-order valence-electron chi connectivity index (χ2n) is 5.74. The molecule has 1 aliphatic rings. The lowest BCUT2D eigenvalue weighted by molar-refractivity contribution is 0.0737. The van der Waals surface area contributed by atoms with Crippen LogP contribution in [0.2, 0.25) is 0 Å². The van der Waals surface area contributed by atoms with Gasteiger partial charge < -0.3 is 10.2 Å². The number of hydrogen-bond donors (Lipinski definition) is 2. The summed E-state index contributed by atoms with van der Waals surface area (Å²) in [6.07, 6.45) is 0.936. The Morgan fingerprint density at radius 3 is 2.61 bits per heavy atom. The summed E-state index contributed by atoms with van der Waals surface area (Å²) < 4.78 is 1.40. The van der Waals surface area contributed by atoms with Gasteiger partial charge in [0.25, 0.3) is 11.5 Å². The predicted octanol–water partition coefficient (Wildman–Crippen LogP) is 1.33. The Morgan fingerprint density at radius 1 is 1.30 bits per heavy atom. The van der Waals surface area contributed by atoms with E-state index in [1.807, 2.05) is 31.2 Å². The number of benzene rings is 1. The fourth-order valence-electron chi connectivity index (χ4n) is 2.72. The highest BCUT2D eigenvalue weighted by atomic mass is 35.5. The Labute approximate surface area is 140 Å². The summed E-state index contributed by atoms with van der Waals surface area (Å²) in [4.78, 5) is 26.3. The highest BCUT2D eigenvalue weighted by Gasteiger charge is 2.25. The van der Waals surface area contributed by atoms with Gasteiger partial charge in [-0.1, -0.05) is 17.7 Å². The van der Waals surface area contributed by atoms with Gasteiger partial charge in [0.05, 0.1) is 5.69 Å². The molecule has 1 aromatic carbocycles. The summed E-state index contributed by atoms with van der Waals surface area (Å²) in [7, 11) is 1.78. The topological polar surface area (TPSA) is 70.1 Å². The highest BCUT2D eigenvalue weighted by Crippen LogP contribution is 2.11. The van der Waals surface area contributed by atoms with Crippen LogP contribution in [0.4, 0.5) is 0 Å². The fourth-order valence-corrected chi connectivity index (χ4v) is 2.72. The van der Waals surface area contributed by atoms with E-state index < -0.39 is 0 Å². The van der Waals surface area contributed by atoms with Gasteiger partial charge in [-0.3, -0.25) is 14.7 Å². The third kappa shape index (κ3) is 3.48. The number of carbonyl (C=O) groups is 1. The molecule has 2 N–H and O–H groups in total. The molecule has 124 valence electrons. The summed E-state index contributed by atoms with van der Waals surface area (Å²) in [5.41, 5.74) is 1.93. The molecule has 3 rings (SSSR count). The maximum atomic E-state index is 12.5. The molecule has 1 aromatic heterocycles. The molecular weight excluding hydrogens is 316 g/mol. The van der Waals surface area contributed by atoms with E-state index in [1.165, 1.54) is 10.7 Å². The van der Waals surface area contributed by atoms with Crippen LogP contribution in [0.1, 0.15) is 22.5 Å². The summed E-state index contributed by atoms with van der Waals surface area (Å²) in [6.45, 7) is 3.70. The van der Waals surface area contributed by atoms with Gasteiger partial charge in [0.2, 0.25) is 0 Å². The lowest BCUT2D eigenvalue weighted by Crippen LogP contribution is -2.38. The van der Waals surface area contributed by atoms with Crippen molar-refractivity contribution in [1.29, 1.82) is 0 Å². The van der Waals surface area contributed by atoms with Gasteiger partial charge in [-0.05, 0) is 32.0 Å². The summed E-state index contributed by atoms with van der Waals surface area (Å²) in [5.74, 6) is -0.156. The zero-order valence-corrected chi connectivity index (χ0v) is 14.0. The Morgan fingerprint density at radius 2 is 2.00 bits per heavy atom. The number of likely N-dealkylation sites (N-methyl/N-ethyl adjacent to an activating group) is 1. The van der Waals surface area contributed by atoms with Crippen molar-refractivity contribution >= 4 is 18.3 Å². The number of nitrogens with zero attached hydrogens (tertiary/aromatic N) is 2. The van der Waals surface area contributed by atoms with Gasteiger partial charge in [0.1, 0.15) is 5.69 Å². The van der Waals surface area contributed by atoms with Gasteiger partial charge >= 0.3 is 0 Å². The number of hydrogen-bond acceptors (Lipinski definition) is 3. The number of aromatic amines is 1. The molecule has 1 aliphatic heterocycles. The van der Waals surface area contributed by atoms with Gasteiger partial charge in [-0.25, -0.2) is 4.68 Å². The van der Waals surface area contributed by atoms with E-state index in [4.69, 9.17) is 0 Å². The van der Waals surface area contributed by atoms with Crippen LogP contribution in [0.5, 0.6) is 0 Å². The number of aryl methyl sites for hydroxylation is 1. The van der Waals surface area contributed by atoms with Crippen LogP contribution in [-0.2, 0) is 0 Å². The highest BCUT2D eigenvalue weighted by molar-refractivity contribution is 5.92. The summed E-state index contributed by atoms with van der Waals surface area (Å²) in [5, 5.41) is 6.15. The molecule has 0 radical (unpaired) electrons. The molecule has 1 amide bonds. The van der Waals surface area contributed by atoms with Crippen molar-refractivity contribution in [3.8, 4) is 5.69 Å². The second-order valence-corrected chi connectivity index (χ2v) is 5.74. The Balaban J connectivity index is 0.00000192. The van der Waals surface area contributed by atoms with E-state index in [1.54, 1.807) is 11.9 Å². The van der Waals surface area contributed by atoms with Crippen molar-refractivity contribution in [2.45, 2.75) is 19.4 Å². The zero-order chi connectivity index (χ0) is 15.7. The molecule has 0 bridgehead atoms. The molecule has 2 aromatic rings. The molecule has 0 saturated carbocycles. The predicted molar refractivity (Wildman–Crippen MR) is 91.7 cm³/mol.